The van der Waals surface area contributed by atoms with E-state index in [1.54, 1.807) is 0 Å². The summed E-state index contributed by atoms with van der Waals surface area (Å²) >= 11 is 0. The van der Waals surface area contributed by atoms with Crippen LogP contribution in [0.3, 0.4) is 0 Å². The maximum absolute atomic E-state index is 12.0. The van der Waals surface area contributed by atoms with Gasteiger partial charge in [0.25, 0.3) is 20.0 Å². The Hall–Kier alpha value is -4.70. The SMILES string of the molecule is COc1cnc(NS(=O)(=O)c2ccc(N)cc2)nc1.COc1cnc(NS(=O)(=O)c2ccc(N)cc2)nc1. The number of anilines is 4. The van der Waals surface area contributed by atoms with Gasteiger partial charge in [-0.25, -0.2) is 46.2 Å². The second-order valence-corrected chi connectivity index (χ2v) is 10.6. The van der Waals surface area contributed by atoms with Crippen molar-refractivity contribution in [1.82, 2.24) is 19.9 Å². The number of nitrogens with one attached hydrogen (secondary N) is 2. The molecule has 0 atom stereocenters. The Morgan fingerprint density at radius 2 is 0.868 bits per heavy atom. The number of sulfonamides is 2. The average Bonchev–Trinajstić information content (AvgIpc) is 2.90. The lowest BCUT2D eigenvalue weighted by molar-refractivity contribution is 0.411. The van der Waals surface area contributed by atoms with E-state index in [9.17, 15) is 16.8 Å². The number of methoxy groups -OCH3 is 2. The molecule has 16 heteroatoms. The first-order valence-corrected chi connectivity index (χ1v) is 13.5. The first-order valence-electron chi connectivity index (χ1n) is 10.5. The molecule has 4 rings (SSSR count). The number of hydrogen-bond donors (Lipinski definition) is 4. The van der Waals surface area contributed by atoms with E-state index in [-0.39, 0.29) is 21.7 Å². The van der Waals surface area contributed by atoms with Crippen LogP contribution in [0.25, 0.3) is 0 Å². The van der Waals surface area contributed by atoms with E-state index in [4.69, 9.17) is 20.9 Å². The predicted octanol–water partition coefficient (Wildman–Crippen LogP) is 1.74. The largest absolute Gasteiger partial charge is 0.494 e. The number of aromatic nitrogens is 4. The second kappa shape index (κ2) is 12.0. The van der Waals surface area contributed by atoms with Crippen LogP contribution in [0.15, 0.2) is 83.1 Å². The molecule has 0 spiro atoms. The van der Waals surface area contributed by atoms with E-state index < -0.39 is 20.0 Å². The number of nitrogens with two attached hydrogens (primary N) is 2. The lowest BCUT2D eigenvalue weighted by atomic mass is 10.3. The fraction of sp³-hybridized carbons (Fsp3) is 0.0909. The van der Waals surface area contributed by atoms with Gasteiger partial charge in [-0.2, -0.15) is 0 Å². The molecule has 6 N–H and O–H groups in total. The molecule has 2 heterocycles. The molecule has 200 valence electrons. The third-order valence-electron chi connectivity index (χ3n) is 4.56. The van der Waals surface area contributed by atoms with E-state index >= 15 is 0 Å². The highest BCUT2D eigenvalue weighted by Gasteiger charge is 2.16. The van der Waals surface area contributed by atoms with Crippen LogP contribution in [0.4, 0.5) is 23.3 Å². The molecule has 0 aliphatic carbocycles. The van der Waals surface area contributed by atoms with Crippen molar-refractivity contribution < 1.29 is 26.3 Å². The molecule has 2 aromatic carbocycles. The van der Waals surface area contributed by atoms with Crippen molar-refractivity contribution in [2.24, 2.45) is 0 Å². The van der Waals surface area contributed by atoms with Crippen LogP contribution < -0.4 is 30.4 Å². The van der Waals surface area contributed by atoms with Crippen molar-refractivity contribution in [2.45, 2.75) is 9.79 Å². The molecular weight excluding hydrogens is 536 g/mol. The first-order chi connectivity index (χ1) is 18.0. The van der Waals surface area contributed by atoms with Gasteiger partial charge in [0.15, 0.2) is 11.5 Å². The molecule has 0 radical (unpaired) electrons. The van der Waals surface area contributed by atoms with Crippen molar-refractivity contribution in [1.29, 1.82) is 0 Å². The van der Waals surface area contributed by atoms with Gasteiger partial charge in [0.05, 0.1) is 48.8 Å². The molecule has 0 unspecified atom stereocenters. The van der Waals surface area contributed by atoms with E-state index in [0.29, 0.717) is 22.9 Å². The summed E-state index contributed by atoms with van der Waals surface area (Å²) in [6.45, 7) is 0. The molecule has 0 saturated heterocycles. The van der Waals surface area contributed by atoms with Gasteiger partial charge in [0, 0.05) is 11.4 Å². The van der Waals surface area contributed by atoms with Gasteiger partial charge >= 0.3 is 0 Å². The molecule has 0 fully saturated rings. The maximum Gasteiger partial charge on any atom is 0.264 e. The average molecular weight is 561 g/mol. The third-order valence-corrected chi connectivity index (χ3v) is 7.25. The van der Waals surface area contributed by atoms with E-state index in [1.807, 2.05) is 0 Å². The standard InChI is InChI=1S/2C11H12N4O3S/c2*1-18-9-6-13-11(14-7-9)15-19(16,17)10-4-2-8(12)3-5-10/h2*2-7H,12H2,1H3,(H,13,14,15). The molecule has 0 aliphatic heterocycles. The summed E-state index contributed by atoms with van der Waals surface area (Å²) in [5.41, 5.74) is 12.0. The van der Waals surface area contributed by atoms with Crippen LogP contribution in [0.5, 0.6) is 11.5 Å². The van der Waals surface area contributed by atoms with E-state index in [2.05, 4.69) is 29.4 Å². The Morgan fingerprint density at radius 3 is 1.13 bits per heavy atom. The predicted molar refractivity (Wildman–Crippen MR) is 140 cm³/mol. The van der Waals surface area contributed by atoms with Gasteiger partial charge in [-0.15, -0.1) is 0 Å². The molecule has 0 amide bonds. The number of nitrogens with zero attached hydrogens (tertiary/aromatic N) is 4. The zero-order chi connectivity index (χ0) is 27.8. The lowest BCUT2D eigenvalue weighted by Gasteiger charge is -2.07. The van der Waals surface area contributed by atoms with Crippen LogP contribution >= 0.6 is 0 Å². The number of nitrogen functional groups attached to an aromatic ring is 2. The van der Waals surface area contributed by atoms with Crippen molar-refractivity contribution in [3.63, 3.8) is 0 Å². The topological polar surface area (TPSA) is 214 Å². The Morgan fingerprint density at radius 1 is 0.579 bits per heavy atom. The Kier molecular flexibility index (Phi) is 8.82. The molecular formula is C22H24N8O6S2. The quantitative estimate of drug-likeness (QED) is 0.227. The monoisotopic (exact) mass is 560 g/mol. The summed E-state index contributed by atoms with van der Waals surface area (Å²) in [7, 11) is -4.50. The van der Waals surface area contributed by atoms with Gasteiger partial charge in [0.1, 0.15) is 0 Å². The smallest absolute Gasteiger partial charge is 0.264 e. The van der Waals surface area contributed by atoms with Crippen molar-refractivity contribution in [2.75, 3.05) is 35.1 Å². The molecule has 2 aromatic heterocycles. The normalized spacial score (nSPS) is 11.0. The lowest BCUT2D eigenvalue weighted by Crippen LogP contribution is -2.15. The molecule has 0 aliphatic rings. The summed E-state index contributed by atoms with van der Waals surface area (Å²) < 4.78 is 62.3. The summed E-state index contributed by atoms with van der Waals surface area (Å²) in [6.07, 6.45) is 5.48. The van der Waals surface area contributed by atoms with E-state index in [1.165, 1.54) is 87.5 Å². The zero-order valence-electron chi connectivity index (χ0n) is 20.1. The van der Waals surface area contributed by atoms with Gasteiger partial charge in [-0.1, -0.05) is 0 Å². The van der Waals surface area contributed by atoms with Gasteiger partial charge in [-0.3, -0.25) is 0 Å². The fourth-order valence-electron chi connectivity index (χ4n) is 2.60. The van der Waals surface area contributed by atoms with E-state index in [0.717, 1.165) is 0 Å². The minimum atomic E-state index is -3.72. The highest BCUT2D eigenvalue weighted by atomic mass is 32.2. The highest BCUT2D eigenvalue weighted by molar-refractivity contribution is 7.93. The number of hydrogen-bond acceptors (Lipinski definition) is 12. The Labute approximate surface area is 219 Å². The summed E-state index contributed by atoms with van der Waals surface area (Å²) in [5.74, 6) is 0.820. The Bertz CT molecular complexity index is 1430. The van der Waals surface area contributed by atoms with Crippen molar-refractivity contribution in [3.8, 4) is 11.5 Å². The first kappa shape index (κ1) is 27.9. The summed E-state index contributed by atoms with van der Waals surface area (Å²) in [6, 6.07) is 11.6. The van der Waals surface area contributed by atoms with Crippen molar-refractivity contribution >= 4 is 43.3 Å². The number of rotatable bonds is 8. The molecule has 0 saturated carbocycles. The van der Waals surface area contributed by atoms with Gasteiger partial charge in [-0.05, 0) is 48.5 Å². The minimum Gasteiger partial charge on any atom is -0.494 e. The molecule has 0 bridgehead atoms. The van der Waals surface area contributed by atoms with Crippen LogP contribution in [0, 0.1) is 0 Å². The van der Waals surface area contributed by atoms with Crippen LogP contribution in [0.1, 0.15) is 0 Å². The summed E-state index contributed by atoms with van der Waals surface area (Å²) in [4.78, 5) is 15.5. The van der Waals surface area contributed by atoms with Gasteiger partial charge < -0.3 is 20.9 Å². The molecule has 4 aromatic rings. The van der Waals surface area contributed by atoms with Crippen molar-refractivity contribution in [3.05, 3.63) is 73.3 Å². The summed E-state index contributed by atoms with van der Waals surface area (Å²) in [5, 5.41) is 0. The van der Waals surface area contributed by atoms with Crippen LogP contribution in [0.2, 0.25) is 0 Å². The Balaban J connectivity index is 0.000000211. The minimum absolute atomic E-state index is 0.0300. The third kappa shape index (κ3) is 7.65. The van der Waals surface area contributed by atoms with Crippen LogP contribution in [-0.4, -0.2) is 51.0 Å². The van der Waals surface area contributed by atoms with Crippen LogP contribution in [-0.2, 0) is 20.0 Å². The number of benzene rings is 2. The molecule has 14 nitrogen and oxygen atoms in total. The zero-order valence-corrected chi connectivity index (χ0v) is 21.8. The fourth-order valence-corrected chi connectivity index (χ4v) is 4.52. The second-order valence-electron chi connectivity index (χ2n) is 7.24. The highest BCUT2D eigenvalue weighted by Crippen LogP contribution is 2.17. The van der Waals surface area contributed by atoms with Gasteiger partial charge in [0.2, 0.25) is 11.9 Å². The number of ether oxygens (including phenoxy) is 2. The molecule has 38 heavy (non-hydrogen) atoms. The maximum atomic E-state index is 12.0.